The zero-order valence-electron chi connectivity index (χ0n) is 19.4. The van der Waals surface area contributed by atoms with Gasteiger partial charge >= 0.3 is 5.97 Å². The zero-order valence-corrected chi connectivity index (χ0v) is 19.4. The van der Waals surface area contributed by atoms with E-state index in [2.05, 4.69) is 73.0 Å². The highest BCUT2D eigenvalue weighted by atomic mass is 16.4. The molecule has 4 N–H and O–H groups in total. The van der Waals surface area contributed by atoms with Crippen molar-refractivity contribution in [1.29, 1.82) is 0 Å². The molecule has 6 heteroatoms. The van der Waals surface area contributed by atoms with Crippen LogP contribution in [0.25, 0.3) is 0 Å². The third-order valence-corrected chi connectivity index (χ3v) is 4.47. The number of carboxylic acids is 1. The topological polar surface area (TPSA) is 109 Å². The van der Waals surface area contributed by atoms with Crippen molar-refractivity contribution >= 4 is 17.8 Å². The van der Waals surface area contributed by atoms with Crippen molar-refractivity contribution in [2.45, 2.75) is 83.6 Å². The molecule has 0 saturated carbocycles. The summed E-state index contributed by atoms with van der Waals surface area (Å²) in [5, 5.41) is 11.3. The lowest BCUT2D eigenvalue weighted by molar-refractivity contribution is -0.143. The number of allylic oxidation sites excluding steroid dienone is 10. The van der Waals surface area contributed by atoms with Gasteiger partial charge in [0.25, 0.3) is 0 Å². The SMILES string of the molecule is CC/C=C\C/C=C\C/C=C\C/C=C\C/C=C\CCCCCC(=O)N[C@@H](CC(N)=O)C(=O)O. The smallest absolute Gasteiger partial charge is 0.326 e. The van der Waals surface area contributed by atoms with Crippen molar-refractivity contribution in [3.63, 3.8) is 0 Å². The second-order valence-corrected chi connectivity index (χ2v) is 7.44. The van der Waals surface area contributed by atoms with E-state index in [1.165, 1.54) is 0 Å². The predicted octanol–water partition coefficient (Wildman–Crippen LogP) is 5.13. The molecule has 0 aliphatic carbocycles. The van der Waals surface area contributed by atoms with Crippen LogP contribution in [0.2, 0.25) is 0 Å². The Bertz CT molecular complexity index is 675. The fraction of sp³-hybridized carbons (Fsp3) is 0.500. The number of amides is 2. The van der Waals surface area contributed by atoms with Crippen LogP contribution in [0.15, 0.2) is 60.8 Å². The van der Waals surface area contributed by atoms with E-state index in [0.717, 1.165) is 51.4 Å². The second kappa shape index (κ2) is 21.3. The summed E-state index contributed by atoms with van der Waals surface area (Å²) in [6.07, 6.45) is 30.0. The molecule has 0 aromatic heterocycles. The minimum atomic E-state index is -1.25. The third kappa shape index (κ3) is 20.4. The number of nitrogens with two attached hydrogens (primary N) is 1. The molecule has 0 spiro atoms. The number of unbranched alkanes of at least 4 members (excludes halogenated alkanes) is 3. The van der Waals surface area contributed by atoms with E-state index >= 15 is 0 Å². The number of hydrogen-bond acceptors (Lipinski definition) is 3. The Hall–Kier alpha value is -2.89. The maximum atomic E-state index is 11.8. The number of aliphatic carboxylic acids is 1. The second-order valence-electron chi connectivity index (χ2n) is 7.44. The van der Waals surface area contributed by atoms with Crippen molar-refractivity contribution in [3.8, 4) is 0 Å². The summed E-state index contributed by atoms with van der Waals surface area (Å²) in [5.74, 6) is -2.38. The van der Waals surface area contributed by atoms with Gasteiger partial charge in [0, 0.05) is 6.42 Å². The Balaban J connectivity index is 3.68. The number of carbonyl (C=O) groups excluding carboxylic acids is 2. The van der Waals surface area contributed by atoms with Gasteiger partial charge in [-0.15, -0.1) is 0 Å². The van der Waals surface area contributed by atoms with Gasteiger partial charge in [-0.05, 0) is 51.4 Å². The fourth-order valence-electron chi connectivity index (χ4n) is 2.76. The molecule has 0 aromatic rings. The van der Waals surface area contributed by atoms with Crippen LogP contribution in [0.3, 0.4) is 0 Å². The largest absolute Gasteiger partial charge is 0.480 e. The van der Waals surface area contributed by atoms with Crippen molar-refractivity contribution < 1.29 is 19.5 Å². The first-order valence-electron chi connectivity index (χ1n) is 11.5. The molecule has 0 fully saturated rings. The van der Waals surface area contributed by atoms with E-state index in [1.54, 1.807) is 0 Å². The quantitative estimate of drug-likeness (QED) is 0.189. The molecule has 1 atom stereocenters. The van der Waals surface area contributed by atoms with Gasteiger partial charge in [0.2, 0.25) is 11.8 Å². The number of rotatable bonds is 19. The Morgan fingerprint density at radius 2 is 1.28 bits per heavy atom. The molecule has 0 heterocycles. The van der Waals surface area contributed by atoms with E-state index in [4.69, 9.17) is 10.8 Å². The van der Waals surface area contributed by atoms with E-state index in [9.17, 15) is 14.4 Å². The lowest BCUT2D eigenvalue weighted by Crippen LogP contribution is -2.43. The average Bonchev–Trinajstić information content (AvgIpc) is 2.74. The molecule has 2 amide bonds. The number of carbonyl (C=O) groups is 3. The minimum Gasteiger partial charge on any atom is -0.480 e. The molecular formula is C26H40N2O4. The van der Waals surface area contributed by atoms with Crippen LogP contribution in [-0.2, 0) is 14.4 Å². The van der Waals surface area contributed by atoms with E-state index in [0.29, 0.717) is 6.42 Å². The van der Waals surface area contributed by atoms with E-state index in [1.807, 2.05) is 0 Å². The fourth-order valence-corrected chi connectivity index (χ4v) is 2.76. The van der Waals surface area contributed by atoms with Crippen molar-refractivity contribution in [2.75, 3.05) is 0 Å². The maximum Gasteiger partial charge on any atom is 0.326 e. The number of hydrogen-bond donors (Lipinski definition) is 3. The van der Waals surface area contributed by atoms with Crippen LogP contribution in [0.4, 0.5) is 0 Å². The van der Waals surface area contributed by atoms with Gasteiger partial charge < -0.3 is 16.2 Å². The highest BCUT2D eigenvalue weighted by molar-refractivity contribution is 5.88. The summed E-state index contributed by atoms with van der Waals surface area (Å²) in [7, 11) is 0. The van der Waals surface area contributed by atoms with Crippen molar-refractivity contribution in [3.05, 3.63) is 60.8 Å². The summed E-state index contributed by atoms with van der Waals surface area (Å²) >= 11 is 0. The summed E-state index contributed by atoms with van der Waals surface area (Å²) < 4.78 is 0. The number of nitrogens with one attached hydrogen (secondary N) is 1. The number of carboxylic acid groups (broad SMARTS) is 1. The third-order valence-electron chi connectivity index (χ3n) is 4.47. The van der Waals surface area contributed by atoms with Gasteiger partial charge in [-0.3, -0.25) is 9.59 Å². The van der Waals surface area contributed by atoms with Gasteiger partial charge in [0.05, 0.1) is 6.42 Å². The van der Waals surface area contributed by atoms with Crippen LogP contribution in [0, 0.1) is 0 Å². The average molecular weight is 445 g/mol. The highest BCUT2D eigenvalue weighted by Crippen LogP contribution is 2.05. The first-order chi connectivity index (χ1) is 15.5. The highest BCUT2D eigenvalue weighted by Gasteiger charge is 2.21. The van der Waals surface area contributed by atoms with Crippen molar-refractivity contribution in [1.82, 2.24) is 5.32 Å². The molecule has 178 valence electrons. The molecule has 6 nitrogen and oxygen atoms in total. The first kappa shape index (κ1) is 29.1. The van der Waals surface area contributed by atoms with Crippen LogP contribution < -0.4 is 11.1 Å². The van der Waals surface area contributed by atoms with E-state index in [-0.39, 0.29) is 12.3 Å². The Morgan fingerprint density at radius 1 is 0.781 bits per heavy atom. The monoisotopic (exact) mass is 444 g/mol. The lowest BCUT2D eigenvalue weighted by Gasteiger charge is -2.12. The van der Waals surface area contributed by atoms with Gasteiger partial charge in [-0.2, -0.15) is 0 Å². The molecule has 0 rings (SSSR count). The summed E-state index contributed by atoms with van der Waals surface area (Å²) in [5.41, 5.74) is 4.99. The van der Waals surface area contributed by atoms with Crippen LogP contribution in [0.5, 0.6) is 0 Å². The Kier molecular flexibility index (Phi) is 19.4. The molecule has 0 aliphatic heterocycles. The molecular weight excluding hydrogens is 404 g/mol. The molecule has 0 bridgehead atoms. The van der Waals surface area contributed by atoms with Crippen LogP contribution in [0.1, 0.15) is 77.6 Å². The lowest BCUT2D eigenvalue weighted by atomic mass is 10.1. The van der Waals surface area contributed by atoms with Crippen molar-refractivity contribution in [2.24, 2.45) is 5.73 Å². The minimum absolute atomic E-state index is 0.244. The normalized spacial score (nSPS) is 13.2. The molecule has 0 aromatic carbocycles. The predicted molar refractivity (Wildman–Crippen MR) is 131 cm³/mol. The molecule has 0 saturated heterocycles. The number of primary amides is 1. The molecule has 0 aliphatic rings. The van der Waals surface area contributed by atoms with Gasteiger partial charge in [0.15, 0.2) is 0 Å². The van der Waals surface area contributed by atoms with Gasteiger partial charge in [-0.25, -0.2) is 4.79 Å². The van der Waals surface area contributed by atoms with Crippen LogP contribution >= 0.6 is 0 Å². The van der Waals surface area contributed by atoms with Gasteiger partial charge in [-0.1, -0.05) is 74.1 Å². The summed E-state index contributed by atoms with van der Waals surface area (Å²) in [6, 6.07) is -1.25. The Labute approximate surface area is 193 Å². The maximum absolute atomic E-state index is 11.8. The van der Waals surface area contributed by atoms with Gasteiger partial charge in [0.1, 0.15) is 6.04 Å². The first-order valence-corrected chi connectivity index (χ1v) is 11.5. The summed E-state index contributed by atoms with van der Waals surface area (Å²) in [6.45, 7) is 2.14. The standard InChI is InChI=1S/C26H40N2O4/c1-2-3-4-5-6-7-8-9-10-11-12-13-14-15-16-17-18-19-20-21-25(30)28-23(26(31)32)22-24(27)29/h3-4,6-7,9-10,12-13,15-16,23H,2,5,8,11,14,17-22H2,1H3,(H2,27,29)(H,28,30)(H,31,32)/b4-3-,7-6-,10-9-,13-12-,16-15-/t23-/m0/s1. The summed E-state index contributed by atoms with van der Waals surface area (Å²) in [4.78, 5) is 33.6. The molecule has 32 heavy (non-hydrogen) atoms. The zero-order chi connectivity index (χ0) is 23.9. The molecule has 0 radical (unpaired) electrons. The Morgan fingerprint density at radius 3 is 1.75 bits per heavy atom. The van der Waals surface area contributed by atoms with E-state index < -0.39 is 24.3 Å². The molecule has 0 unspecified atom stereocenters. The van der Waals surface area contributed by atoms with Crippen LogP contribution in [-0.4, -0.2) is 28.9 Å².